The number of benzene rings is 2. The molecule has 0 radical (unpaired) electrons. The van der Waals surface area contributed by atoms with E-state index >= 15 is 0 Å². The van der Waals surface area contributed by atoms with Crippen molar-refractivity contribution in [3.05, 3.63) is 70.9 Å². The van der Waals surface area contributed by atoms with Crippen LogP contribution >= 0.6 is 0 Å². The number of nitrogens with zero attached hydrogens (tertiary/aromatic N) is 1. The highest BCUT2D eigenvalue weighted by Gasteiger charge is 2.19. The number of amides is 1. The second-order valence-electron chi connectivity index (χ2n) is 6.70. The van der Waals surface area contributed by atoms with Gasteiger partial charge in [0, 0.05) is 6.42 Å². The van der Waals surface area contributed by atoms with Crippen molar-refractivity contribution in [3.63, 3.8) is 0 Å². The van der Waals surface area contributed by atoms with E-state index in [0.717, 1.165) is 30.0 Å². The van der Waals surface area contributed by atoms with E-state index in [4.69, 9.17) is 4.74 Å². The van der Waals surface area contributed by atoms with Crippen LogP contribution in [0.2, 0.25) is 0 Å². The first-order valence-electron chi connectivity index (χ1n) is 8.93. The Bertz CT molecular complexity index is 849. The molecule has 0 fully saturated rings. The van der Waals surface area contributed by atoms with Crippen LogP contribution in [0.25, 0.3) is 6.08 Å². The third-order valence-electron chi connectivity index (χ3n) is 4.19. The monoisotopic (exact) mass is 348 g/mol. The lowest BCUT2D eigenvalue weighted by atomic mass is 10.0. The fraction of sp³-hybridized carbons (Fsp3) is 0.273. The van der Waals surface area contributed by atoms with Crippen LogP contribution < -0.4 is 10.1 Å². The smallest absolute Gasteiger partial charge is 0.275 e. The highest BCUT2D eigenvalue weighted by atomic mass is 16.5. The minimum Gasteiger partial charge on any atom is -0.491 e. The third-order valence-corrected chi connectivity index (χ3v) is 4.19. The average Bonchev–Trinajstić information content (AvgIpc) is 2.95. The predicted octanol–water partition coefficient (Wildman–Crippen LogP) is 4.28. The zero-order chi connectivity index (χ0) is 18.5. The molecule has 3 rings (SSSR count). The van der Waals surface area contributed by atoms with Crippen molar-refractivity contribution < 1.29 is 9.53 Å². The number of rotatable bonds is 6. The summed E-state index contributed by atoms with van der Waals surface area (Å²) in [4.78, 5) is 16.6. The van der Waals surface area contributed by atoms with Crippen LogP contribution in [0.15, 0.2) is 59.2 Å². The Morgan fingerprint density at radius 3 is 2.50 bits per heavy atom. The minimum absolute atomic E-state index is 0.139. The van der Waals surface area contributed by atoms with Crippen molar-refractivity contribution in [2.24, 2.45) is 4.99 Å². The van der Waals surface area contributed by atoms with Gasteiger partial charge in [-0.1, -0.05) is 36.4 Å². The van der Waals surface area contributed by atoms with Gasteiger partial charge < -0.3 is 10.1 Å². The molecule has 1 heterocycles. The molecule has 2 aromatic rings. The molecule has 26 heavy (non-hydrogen) atoms. The summed E-state index contributed by atoms with van der Waals surface area (Å²) in [5, 5.41) is 2.87. The number of carbonyl (C=O) groups excluding carboxylic acids is 1. The molecule has 134 valence electrons. The molecule has 0 aliphatic carbocycles. The van der Waals surface area contributed by atoms with Crippen LogP contribution in [0.3, 0.4) is 0 Å². The first kappa shape index (κ1) is 17.9. The summed E-state index contributed by atoms with van der Waals surface area (Å²) >= 11 is 0. The van der Waals surface area contributed by atoms with Gasteiger partial charge >= 0.3 is 0 Å². The molecule has 1 N–H and O–H groups in total. The Hall–Kier alpha value is -2.88. The van der Waals surface area contributed by atoms with Gasteiger partial charge in [-0.25, -0.2) is 4.99 Å². The molecular weight excluding hydrogens is 324 g/mol. The number of amidine groups is 1. The lowest BCUT2D eigenvalue weighted by molar-refractivity contribution is -0.115. The van der Waals surface area contributed by atoms with Gasteiger partial charge in [-0.2, -0.15) is 0 Å². The van der Waals surface area contributed by atoms with Gasteiger partial charge in [0.2, 0.25) is 0 Å². The van der Waals surface area contributed by atoms with E-state index in [9.17, 15) is 4.79 Å². The van der Waals surface area contributed by atoms with Crippen LogP contribution in [-0.2, 0) is 11.2 Å². The van der Waals surface area contributed by atoms with Crippen molar-refractivity contribution in [2.75, 3.05) is 0 Å². The normalized spacial score (nSPS) is 15.3. The van der Waals surface area contributed by atoms with Crippen LogP contribution in [0.1, 0.15) is 37.0 Å². The molecule has 2 aromatic carbocycles. The highest BCUT2D eigenvalue weighted by molar-refractivity contribution is 6.14. The molecule has 0 aromatic heterocycles. The number of nitrogens with one attached hydrogen (secondary N) is 1. The fourth-order valence-corrected chi connectivity index (χ4v) is 2.85. The maximum absolute atomic E-state index is 12.2. The van der Waals surface area contributed by atoms with Crippen LogP contribution in [-0.4, -0.2) is 17.8 Å². The Kier molecular flexibility index (Phi) is 5.52. The number of ether oxygens (including phenoxy) is 1. The fourth-order valence-electron chi connectivity index (χ4n) is 2.85. The predicted molar refractivity (Wildman–Crippen MR) is 105 cm³/mol. The summed E-state index contributed by atoms with van der Waals surface area (Å²) in [7, 11) is 0. The van der Waals surface area contributed by atoms with E-state index in [2.05, 4.69) is 29.4 Å². The molecule has 4 heteroatoms. The van der Waals surface area contributed by atoms with Gasteiger partial charge in [0.05, 0.1) is 6.10 Å². The Morgan fingerprint density at radius 2 is 1.81 bits per heavy atom. The van der Waals surface area contributed by atoms with Crippen LogP contribution in [0.4, 0.5) is 0 Å². The van der Waals surface area contributed by atoms with Gasteiger partial charge in [-0.3, -0.25) is 4.79 Å². The van der Waals surface area contributed by atoms with Crippen LogP contribution in [0, 0.1) is 6.92 Å². The van der Waals surface area contributed by atoms with Gasteiger partial charge in [-0.05, 0) is 62.1 Å². The van der Waals surface area contributed by atoms with Crippen LogP contribution in [0.5, 0.6) is 5.75 Å². The molecule has 0 unspecified atom stereocenters. The molecule has 0 spiro atoms. The number of hydrogen-bond acceptors (Lipinski definition) is 3. The molecule has 1 aliphatic rings. The Morgan fingerprint density at radius 1 is 1.08 bits per heavy atom. The van der Waals surface area contributed by atoms with E-state index in [0.29, 0.717) is 5.70 Å². The number of aliphatic imine (C=N–C) groups is 1. The van der Waals surface area contributed by atoms with E-state index in [1.807, 2.05) is 50.2 Å². The molecule has 0 saturated heterocycles. The summed E-state index contributed by atoms with van der Waals surface area (Å²) in [6.07, 6.45) is 3.52. The first-order chi connectivity index (χ1) is 12.5. The maximum Gasteiger partial charge on any atom is 0.275 e. The lowest BCUT2D eigenvalue weighted by Crippen LogP contribution is -2.24. The number of hydrogen-bond donors (Lipinski definition) is 1. The van der Waals surface area contributed by atoms with Gasteiger partial charge in [0.1, 0.15) is 17.3 Å². The second kappa shape index (κ2) is 8.00. The highest BCUT2D eigenvalue weighted by Crippen LogP contribution is 2.18. The maximum atomic E-state index is 12.2. The Labute approximate surface area is 154 Å². The zero-order valence-electron chi connectivity index (χ0n) is 15.5. The third kappa shape index (κ3) is 4.60. The van der Waals surface area contributed by atoms with E-state index in [-0.39, 0.29) is 12.0 Å². The molecule has 0 bridgehead atoms. The topological polar surface area (TPSA) is 50.7 Å². The van der Waals surface area contributed by atoms with Crippen molar-refractivity contribution >= 4 is 17.8 Å². The summed E-state index contributed by atoms with van der Waals surface area (Å²) in [6, 6.07) is 16.0. The number of aryl methyl sites for hydroxylation is 2. The zero-order valence-corrected chi connectivity index (χ0v) is 15.5. The molecule has 4 nitrogen and oxygen atoms in total. The quantitative estimate of drug-likeness (QED) is 0.792. The first-order valence-corrected chi connectivity index (χ1v) is 8.93. The molecule has 1 amide bonds. The number of carbonyl (C=O) groups is 1. The average molecular weight is 348 g/mol. The molecular formula is C22H24N2O2. The molecule has 0 saturated carbocycles. The van der Waals surface area contributed by atoms with Gasteiger partial charge in [-0.15, -0.1) is 0 Å². The van der Waals surface area contributed by atoms with E-state index in [1.54, 1.807) is 6.08 Å². The van der Waals surface area contributed by atoms with E-state index < -0.39 is 0 Å². The van der Waals surface area contributed by atoms with Crippen molar-refractivity contribution in [1.82, 2.24) is 5.32 Å². The van der Waals surface area contributed by atoms with Gasteiger partial charge in [0.15, 0.2) is 0 Å². The Balaban J connectivity index is 1.67. The molecule has 1 aliphatic heterocycles. The van der Waals surface area contributed by atoms with Crippen molar-refractivity contribution in [2.45, 2.75) is 39.7 Å². The van der Waals surface area contributed by atoms with E-state index in [1.165, 1.54) is 11.1 Å². The minimum atomic E-state index is -0.146. The summed E-state index contributed by atoms with van der Waals surface area (Å²) in [6.45, 7) is 6.08. The van der Waals surface area contributed by atoms with Crippen molar-refractivity contribution in [1.29, 1.82) is 0 Å². The second-order valence-corrected chi connectivity index (χ2v) is 6.70. The molecule has 0 atom stereocenters. The van der Waals surface area contributed by atoms with Crippen molar-refractivity contribution in [3.8, 4) is 5.75 Å². The standard InChI is InChI=1S/C22H24N2O2/c1-15(2)26-19-11-8-17(9-12-19)14-20-22(25)24-21(23-20)13-10-18-7-5-4-6-16(18)3/h4-9,11-12,14-15H,10,13H2,1-3H3,(H,23,24,25)/b20-14+. The SMILES string of the molecule is Cc1ccccc1CCC1=N/C(=C/c2ccc(OC(C)C)cc2)C(=O)N1. The summed E-state index contributed by atoms with van der Waals surface area (Å²) < 4.78 is 5.63. The summed E-state index contributed by atoms with van der Waals surface area (Å²) in [5.74, 6) is 1.40. The largest absolute Gasteiger partial charge is 0.491 e. The van der Waals surface area contributed by atoms with Gasteiger partial charge in [0.25, 0.3) is 5.91 Å². The lowest BCUT2D eigenvalue weighted by Gasteiger charge is -2.09. The summed E-state index contributed by atoms with van der Waals surface area (Å²) in [5.41, 5.74) is 3.91.